The Morgan fingerprint density at radius 2 is 1.22 bits per heavy atom. The van der Waals surface area contributed by atoms with Crippen molar-refractivity contribution in [3.63, 3.8) is 0 Å². The summed E-state index contributed by atoms with van der Waals surface area (Å²) in [5.74, 6) is 0. The predicted molar refractivity (Wildman–Crippen MR) is 137 cm³/mol. The van der Waals surface area contributed by atoms with Gasteiger partial charge < -0.3 is 29.9 Å². The first-order valence-corrected chi connectivity index (χ1v) is 18.1. The number of aromatic nitrogens is 4. The van der Waals surface area contributed by atoms with Crippen LogP contribution in [0, 0.1) is 0 Å². The van der Waals surface area contributed by atoms with Crippen molar-refractivity contribution in [3.05, 3.63) is 66.2 Å². The van der Waals surface area contributed by atoms with Crippen LogP contribution in [0.4, 0.5) is 0 Å². The van der Waals surface area contributed by atoms with Crippen LogP contribution in [0.1, 0.15) is 12.5 Å². The number of rotatable bonds is 8. The molecule has 18 heteroatoms. The van der Waals surface area contributed by atoms with Crippen molar-refractivity contribution in [2.45, 2.75) is 49.1 Å². The molecule has 2 aromatic rings. The summed E-state index contributed by atoms with van der Waals surface area (Å²) in [6, 6.07) is 2.21. The Kier molecular flexibility index (Phi) is 9.06. The van der Waals surface area contributed by atoms with Crippen molar-refractivity contribution in [1.29, 1.82) is 0 Å². The highest BCUT2D eigenvalue weighted by Gasteiger charge is 2.47. The molecule has 4 rings (SSSR count). The van der Waals surface area contributed by atoms with Crippen LogP contribution in [0.15, 0.2) is 43.7 Å². The Morgan fingerprint density at radius 3 is 1.58 bits per heavy atom. The van der Waals surface area contributed by atoms with Crippen LogP contribution in [0.3, 0.4) is 0 Å². The summed E-state index contributed by atoms with van der Waals surface area (Å²) < 4.78 is 13.7. The van der Waals surface area contributed by atoms with E-state index >= 15 is 0 Å². The number of hydrogen-bond donors (Lipinski definition) is 6. The number of nitrogens with zero attached hydrogens (tertiary/aromatic N) is 2. The zero-order chi connectivity index (χ0) is 26.1. The lowest BCUT2D eigenvalue weighted by atomic mass is 10.1. The molecule has 0 spiro atoms. The molecule has 0 radical (unpaired) electrons. The molecular formula is C18H26N4O10P4. The van der Waals surface area contributed by atoms with Crippen LogP contribution in [0.5, 0.6) is 0 Å². The van der Waals surface area contributed by atoms with Crippen LogP contribution < -0.4 is 22.5 Å². The van der Waals surface area contributed by atoms with Gasteiger partial charge in [-0.3, -0.25) is 28.7 Å². The smallest absolute Gasteiger partial charge is 0.330 e. The van der Waals surface area contributed by atoms with Gasteiger partial charge in [0, 0.05) is 36.9 Å². The Labute approximate surface area is 209 Å². The third-order valence-corrected chi connectivity index (χ3v) is 17.9. The third kappa shape index (κ3) is 5.79. The highest BCUT2D eigenvalue weighted by molar-refractivity contribution is 8.60. The largest absolute Gasteiger partial charge is 0.388 e. The van der Waals surface area contributed by atoms with E-state index in [2.05, 4.69) is 18.9 Å². The van der Waals surface area contributed by atoms with Crippen molar-refractivity contribution in [1.82, 2.24) is 19.1 Å². The first-order valence-electron chi connectivity index (χ1n) is 10.7. The van der Waals surface area contributed by atoms with Gasteiger partial charge in [0.25, 0.3) is 11.1 Å². The monoisotopic (exact) mass is 582 g/mol. The minimum atomic E-state index is -1.41. The fourth-order valence-electron chi connectivity index (χ4n) is 4.17. The molecule has 11 atom stereocenters. The van der Waals surface area contributed by atoms with E-state index in [1.807, 2.05) is 0 Å². The van der Waals surface area contributed by atoms with Gasteiger partial charge in [-0.1, -0.05) is 23.5 Å². The van der Waals surface area contributed by atoms with Gasteiger partial charge in [0.15, 0.2) is 12.5 Å². The second-order valence-electron chi connectivity index (χ2n) is 8.29. The van der Waals surface area contributed by atoms with E-state index in [1.54, 1.807) is 0 Å². The van der Waals surface area contributed by atoms with E-state index < -0.39 is 79.2 Å². The van der Waals surface area contributed by atoms with Gasteiger partial charge >= 0.3 is 11.4 Å². The fourth-order valence-corrected chi connectivity index (χ4v) is 16.5. The lowest BCUT2D eigenvalue weighted by Gasteiger charge is -2.26. The van der Waals surface area contributed by atoms with Gasteiger partial charge in [0.2, 0.25) is 0 Å². The van der Waals surface area contributed by atoms with Crippen LogP contribution in [0.2, 0.25) is 0 Å². The lowest BCUT2D eigenvalue weighted by Crippen LogP contribution is -2.37. The second kappa shape index (κ2) is 11.7. The molecule has 2 aromatic heterocycles. The number of H-pyrrole nitrogens is 2. The maximum atomic E-state index is 12.1. The van der Waals surface area contributed by atoms with E-state index in [-0.39, 0.29) is 0 Å². The molecule has 2 saturated heterocycles. The number of nitrogens with one attached hydrogen (secondary N) is 2. The first-order chi connectivity index (χ1) is 17.1. The number of hydrogen-bond acceptors (Lipinski definition) is 10. The summed E-state index contributed by atoms with van der Waals surface area (Å²) in [6.07, 6.45) is -6.49. The van der Waals surface area contributed by atoms with Crippen molar-refractivity contribution in [2.75, 3.05) is 12.3 Å². The summed E-state index contributed by atoms with van der Waals surface area (Å²) in [5, 5.41) is 42.2. The molecule has 6 N–H and O–H groups in total. The fraction of sp³-hybridized carbons (Fsp3) is 0.556. The zero-order valence-electron chi connectivity index (χ0n) is 18.5. The maximum Gasteiger partial charge on any atom is 0.330 e. The zero-order valence-corrected chi connectivity index (χ0v) is 22.5. The van der Waals surface area contributed by atoms with Gasteiger partial charge in [-0.05, 0) is 0 Å². The van der Waals surface area contributed by atoms with E-state index in [4.69, 9.17) is 9.47 Å². The maximum absolute atomic E-state index is 12.1. The van der Waals surface area contributed by atoms with Crippen molar-refractivity contribution in [2.24, 2.45) is 0 Å². The molecule has 2 aliphatic heterocycles. The Hall–Kier alpha value is -1.16. The molecule has 36 heavy (non-hydrogen) atoms. The van der Waals surface area contributed by atoms with Crippen LogP contribution >= 0.6 is 32.5 Å². The van der Waals surface area contributed by atoms with Gasteiger partial charge in [-0.25, -0.2) is 9.59 Å². The molecule has 3 unspecified atom stereocenters. The van der Waals surface area contributed by atoms with Crippen LogP contribution in [0.25, 0.3) is 0 Å². The normalized spacial score (nSPS) is 33.8. The number of aliphatic hydroxyl groups excluding tert-OH is 4. The molecule has 0 aromatic carbocycles. The van der Waals surface area contributed by atoms with Crippen molar-refractivity contribution in [3.8, 4) is 0 Å². The Morgan fingerprint density at radius 1 is 0.806 bits per heavy atom. The molecule has 2 aliphatic rings. The quantitative estimate of drug-likeness (QED) is 0.185. The first kappa shape index (κ1) is 27.9. The summed E-state index contributed by atoms with van der Waals surface area (Å²) in [6.45, 7) is 0. The number of aliphatic hydroxyl groups is 4. The van der Waals surface area contributed by atoms with Crippen molar-refractivity contribution >= 4 is 32.5 Å². The van der Waals surface area contributed by atoms with E-state index in [1.165, 1.54) is 12.4 Å². The van der Waals surface area contributed by atoms with Gasteiger partial charge in [-0.2, -0.15) is 0 Å². The summed E-state index contributed by atoms with van der Waals surface area (Å²) in [5.41, 5.74) is -2.77. The summed E-state index contributed by atoms with van der Waals surface area (Å²) >= 11 is 0. The van der Waals surface area contributed by atoms with Gasteiger partial charge in [0.05, 0.1) is 12.2 Å². The SMILES string of the molecule is O=c1ccn([C@@H]2O[C@H](CP(C[C@H]3O[C@@H](n4ccc(=O)[nH]c4=O)[C@H](O)[C@@H]3O)PPP)[C@@H](O)[C@H]2O)c(=O)[nH]1. The average Bonchev–Trinajstić information content (AvgIpc) is 3.25. The van der Waals surface area contributed by atoms with E-state index in [0.717, 1.165) is 21.3 Å². The van der Waals surface area contributed by atoms with Gasteiger partial charge in [0.1, 0.15) is 24.4 Å². The minimum Gasteiger partial charge on any atom is -0.388 e. The van der Waals surface area contributed by atoms with Crippen LogP contribution in [-0.4, -0.2) is 88.5 Å². The molecular weight excluding hydrogens is 556 g/mol. The van der Waals surface area contributed by atoms with Crippen molar-refractivity contribution < 1.29 is 29.9 Å². The standard InChI is InChI=1S/C18H26N4O10P4/c23-9-1-3-21(17(29)19-9)15-13(27)11(25)7(31-15)5-36(35-34-33)6-8-12(26)14(28)16(32-8)22-4-2-10(24)20-18(22)30/h1-4,7-8,11-16,25-28,34-35H,5-6,33H2,(H,19,23,29)(H,20,24,30)/t7-,8-,11-,12-,13-,14-,15-,16-/m1/s1. The highest BCUT2D eigenvalue weighted by Crippen LogP contribution is 2.69. The Bertz CT molecular complexity index is 1200. The molecule has 2 fully saturated rings. The lowest BCUT2D eigenvalue weighted by molar-refractivity contribution is -0.0355. The molecule has 0 amide bonds. The molecule has 198 valence electrons. The molecule has 0 saturated carbocycles. The second-order valence-corrected chi connectivity index (χ2v) is 18.7. The molecule has 14 nitrogen and oxygen atoms in total. The summed E-state index contributed by atoms with van der Waals surface area (Å²) in [7, 11) is 2.57. The average molecular weight is 582 g/mol. The highest BCUT2D eigenvalue weighted by atomic mass is 32.6. The van der Waals surface area contributed by atoms with Crippen LogP contribution in [-0.2, 0) is 9.47 Å². The van der Waals surface area contributed by atoms with E-state index in [0.29, 0.717) is 28.2 Å². The van der Waals surface area contributed by atoms with Gasteiger partial charge in [-0.15, -0.1) is 8.93 Å². The number of ether oxygens (including phenoxy) is 2. The molecule has 0 bridgehead atoms. The van der Waals surface area contributed by atoms with E-state index in [9.17, 15) is 39.6 Å². The predicted octanol–water partition coefficient (Wildman–Crippen LogP) is -2.22. The molecule has 0 aliphatic carbocycles. The number of aromatic amines is 2. The molecule has 4 heterocycles. The Balaban J connectivity index is 1.47. The minimum absolute atomic E-state index is 0.313. The summed E-state index contributed by atoms with van der Waals surface area (Å²) in [4.78, 5) is 51.1. The third-order valence-electron chi connectivity index (χ3n) is 5.95. The topological polar surface area (TPSA) is 209 Å².